The number of phenols is 1. The maximum Gasteiger partial charge on any atom is 0.322 e. The van der Waals surface area contributed by atoms with Crippen molar-refractivity contribution in [3.63, 3.8) is 0 Å². The van der Waals surface area contributed by atoms with E-state index < -0.39 is 12.0 Å². The molecule has 0 radical (unpaired) electrons. The Morgan fingerprint density at radius 1 is 1.47 bits per heavy atom. The van der Waals surface area contributed by atoms with Crippen LogP contribution in [-0.4, -0.2) is 24.2 Å². The molecule has 106 valence electrons. The standard InChI is InChI=1S/C14H20BrNO3/c1-14(2,3)9-5-8(12(17)10(15)7-9)6-11(16)13(18)19-4/h5,7,11,17H,6,16H2,1-4H3. The predicted molar refractivity (Wildman–Crippen MR) is 78.2 cm³/mol. The first-order valence-electron chi connectivity index (χ1n) is 6.02. The van der Waals surface area contributed by atoms with Crippen molar-refractivity contribution >= 4 is 21.9 Å². The lowest BCUT2D eigenvalue weighted by molar-refractivity contribution is -0.142. The molecule has 4 nitrogen and oxygen atoms in total. The number of phenolic OH excluding ortho intramolecular Hbond substituents is 1. The minimum atomic E-state index is -0.780. The number of carbonyl (C=O) groups is 1. The average Bonchev–Trinajstić information content (AvgIpc) is 2.32. The molecule has 3 N–H and O–H groups in total. The fraction of sp³-hybridized carbons (Fsp3) is 0.500. The molecule has 0 spiro atoms. The Morgan fingerprint density at radius 2 is 2.05 bits per heavy atom. The van der Waals surface area contributed by atoms with Crippen molar-refractivity contribution in [1.82, 2.24) is 0 Å². The number of ether oxygens (including phenoxy) is 1. The fourth-order valence-corrected chi connectivity index (χ4v) is 2.22. The van der Waals surface area contributed by atoms with Gasteiger partial charge >= 0.3 is 5.97 Å². The van der Waals surface area contributed by atoms with Crippen LogP contribution >= 0.6 is 15.9 Å². The second kappa shape index (κ2) is 5.92. The van der Waals surface area contributed by atoms with E-state index in [1.165, 1.54) is 7.11 Å². The first-order chi connectivity index (χ1) is 8.66. The van der Waals surface area contributed by atoms with Crippen molar-refractivity contribution < 1.29 is 14.6 Å². The molecular formula is C14H20BrNO3. The van der Waals surface area contributed by atoms with Crippen molar-refractivity contribution in [2.24, 2.45) is 5.73 Å². The number of carbonyl (C=O) groups excluding carboxylic acids is 1. The van der Waals surface area contributed by atoms with Crippen molar-refractivity contribution in [3.8, 4) is 5.75 Å². The molecule has 0 aliphatic carbocycles. The van der Waals surface area contributed by atoms with Gasteiger partial charge in [-0.25, -0.2) is 0 Å². The molecule has 19 heavy (non-hydrogen) atoms. The van der Waals surface area contributed by atoms with Crippen molar-refractivity contribution in [1.29, 1.82) is 0 Å². The third-order valence-corrected chi connectivity index (χ3v) is 3.56. The van der Waals surface area contributed by atoms with Crippen LogP contribution in [0.2, 0.25) is 0 Å². The zero-order chi connectivity index (χ0) is 14.8. The van der Waals surface area contributed by atoms with Crippen LogP contribution in [-0.2, 0) is 21.4 Å². The monoisotopic (exact) mass is 329 g/mol. The number of methoxy groups -OCH3 is 1. The van der Waals surface area contributed by atoms with E-state index in [1.54, 1.807) is 0 Å². The first-order valence-corrected chi connectivity index (χ1v) is 6.81. The van der Waals surface area contributed by atoms with E-state index in [1.807, 2.05) is 12.1 Å². The summed E-state index contributed by atoms with van der Waals surface area (Å²) >= 11 is 3.33. The average molecular weight is 330 g/mol. The molecule has 1 aromatic rings. The van der Waals surface area contributed by atoms with Gasteiger partial charge < -0.3 is 15.6 Å². The van der Waals surface area contributed by atoms with Crippen LogP contribution in [0, 0.1) is 0 Å². The van der Waals surface area contributed by atoms with Crippen LogP contribution in [0.1, 0.15) is 31.9 Å². The van der Waals surface area contributed by atoms with Gasteiger partial charge in [0.1, 0.15) is 11.8 Å². The van der Waals surface area contributed by atoms with Crippen LogP contribution in [0.4, 0.5) is 0 Å². The summed E-state index contributed by atoms with van der Waals surface area (Å²) in [5, 5.41) is 10.0. The second-order valence-electron chi connectivity index (χ2n) is 5.55. The number of aromatic hydroxyl groups is 1. The number of nitrogens with two attached hydrogens (primary N) is 1. The number of halogens is 1. The first kappa shape index (κ1) is 16.0. The van der Waals surface area contributed by atoms with E-state index in [2.05, 4.69) is 41.4 Å². The Kier molecular flexibility index (Phi) is 4.98. The summed E-state index contributed by atoms with van der Waals surface area (Å²) in [4.78, 5) is 11.4. The normalized spacial score (nSPS) is 13.2. The minimum absolute atomic E-state index is 0.0552. The molecule has 1 unspecified atom stereocenters. The molecule has 0 amide bonds. The van der Waals surface area contributed by atoms with E-state index in [9.17, 15) is 9.90 Å². The largest absolute Gasteiger partial charge is 0.506 e. The maximum absolute atomic E-state index is 11.4. The lowest BCUT2D eigenvalue weighted by Crippen LogP contribution is -2.33. The van der Waals surface area contributed by atoms with E-state index in [0.717, 1.165) is 5.56 Å². The quantitative estimate of drug-likeness (QED) is 0.835. The molecule has 0 saturated carbocycles. The van der Waals surface area contributed by atoms with Crippen molar-refractivity contribution in [2.75, 3.05) is 7.11 Å². The zero-order valence-corrected chi connectivity index (χ0v) is 13.2. The van der Waals surface area contributed by atoms with Gasteiger partial charge in [-0.15, -0.1) is 0 Å². The highest BCUT2D eigenvalue weighted by atomic mass is 79.9. The minimum Gasteiger partial charge on any atom is -0.506 e. The Balaban J connectivity index is 3.13. The van der Waals surface area contributed by atoms with Gasteiger partial charge in [-0.1, -0.05) is 26.8 Å². The van der Waals surface area contributed by atoms with Gasteiger partial charge in [-0.3, -0.25) is 4.79 Å². The van der Waals surface area contributed by atoms with Gasteiger partial charge in [0.05, 0.1) is 11.6 Å². The Bertz CT molecular complexity index is 480. The smallest absolute Gasteiger partial charge is 0.322 e. The van der Waals surface area contributed by atoms with Gasteiger partial charge in [0.25, 0.3) is 0 Å². The molecular weight excluding hydrogens is 310 g/mol. The van der Waals surface area contributed by atoms with Gasteiger partial charge in [-0.2, -0.15) is 0 Å². The van der Waals surface area contributed by atoms with Gasteiger partial charge in [-0.05, 0) is 38.5 Å². The fourth-order valence-electron chi connectivity index (χ4n) is 1.72. The number of esters is 1. The van der Waals surface area contributed by atoms with Gasteiger partial charge in [0, 0.05) is 6.42 Å². The Labute approximate surface area is 122 Å². The lowest BCUT2D eigenvalue weighted by atomic mass is 9.85. The van der Waals surface area contributed by atoms with Crippen LogP contribution in [0.5, 0.6) is 5.75 Å². The van der Waals surface area contributed by atoms with Crippen LogP contribution in [0.15, 0.2) is 16.6 Å². The summed E-state index contributed by atoms with van der Waals surface area (Å²) in [5.74, 6) is -0.371. The van der Waals surface area contributed by atoms with E-state index >= 15 is 0 Å². The Hall–Kier alpha value is -1.07. The molecule has 1 atom stereocenters. The summed E-state index contributed by atoms with van der Waals surface area (Å²) in [6, 6.07) is 2.98. The number of hydrogen-bond acceptors (Lipinski definition) is 4. The second-order valence-corrected chi connectivity index (χ2v) is 6.40. The highest BCUT2D eigenvalue weighted by Crippen LogP contribution is 2.34. The SMILES string of the molecule is COC(=O)C(N)Cc1cc(C(C)(C)C)cc(Br)c1O. The molecule has 0 fully saturated rings. The molecule has 5 heteroatoms. The topological polar surface area (TPSA) is 72.5 Å². The summed E-state index contributed by atoms with van der Waals surface area (Å²) in [5.41, 5.74) is 7.38. The molecule has 0 bridgehead atoms. The van der Waals surface area contributed by atoms with Crippen LogP contribution in [0.25, 0.3) is 0 Å². The molecule has 0 aliphatic heterocycles. The van der Waals surface area contributed by atoms with Crippen molar-refractivity contribution in [3.05, 3.63) is 27.7 Å². The van der Waals surface area contributed by atoms with Crippen molar-refractivity contribution in [2.45, 2.75) is 38.6 Å². The molecule has 0 heterocycles. The van der Waals surface area contributed by atoms with E-state index in [4.69, 9.17) is 5.73 Å². The number of rotatable bonds is 3. The predicted octanol–water partition coefficient (Wildman–Crippen LogP) is 2.50. The van der Waals surface area contributed by atoms with E-state index in [-0.39, 0.29) is 17.6 Å². The Morgan fingerprint density at radius 3 is 2.53 bits per heavy atom. The number of hydrogen-bond donors (Lipinski definition) is 2. The van der Waals surface area contributed by atoms with Crippen LogP contribution in [0.3, 0.4) is 0 Å². The molecule has 0 aromatic heterocycles. The lowest BCUT2D eigenvalue weighted by Gasteiger charge is -2.22. The summed E-state index contributed by atoms with van der Waals surface area (Å²) in [6.07, 6.45) is 0.237. The molecule has 1 rings (SSSR count). The van der Waals surface area contributed by atoms with E-state index in [0.29, 0.717) is 10.0 Å². The summed E-state index contributed by atoms with van der Waals surface area (Å²) in [7, 11) is 1.30. The molecule has 1 aromatic carbocycles. The highest BCUT2D eigenvalue weighted by molar-refractivity contribution is 9.10. The number of benzene rings is 1. The van der Waals surface area contributed by atoms with Crippen LogP contribution < -0.4 is 5.73 Å². The summed E-state index contributed by atoms with van der Waals surface area (Å²) < 4.78 is 5.20. The third kappa shape index (κ3) is 3.94. The molecule has 0 aliphatic rings. The van der Waals surface area contributed by atoms with Gasteiger partial charge in [0.15, 0.2) is 0 Å². The summed E-state index contributed by atoms with van der Waals surface area (Å²) in [6.45, 7) is 6.24. The molecule has 0 saturated heterocycles. The third-order valence-electron chi connectivity index (χ3n) is 2.95. The maximum atomic E-state index is 11.4. The van der Waals surface area contributed by atoms with Gasteiger partial charge in [0.2, 0.25) is 0 Å². The zero-order valence-electron chi connectivity index (χ0n) is 11.7. The highest BCUT2D eigenvalue weighted by Gasteiger charge is 2.21.